The lowest BCUT2D eigenvalue weighted by Gasteiger charge is -2.33. The summed E-state index contributed by atoms with van der Waals surface area (Å²) in [5.41, 5.74) is 0.939. The summed E-state index contributed by atoms with van der Waals surface area (Å²) in [6, 6.07) is 5.38. The van der Waals surface area contributed by atoms with Crippen molar-refractivity contribution >= 4 is 6.03 Å². The van der Waals surface area contributed by atoms with Crippen LogP contribution in [0.4, 0.5) is 13.6 Å². The van der Waals surface area contributed by atoms with Gasteiger partial charge in [0.1, 0.15) is 11.4 Å². The predicted molar refractivity (Wildman–Crippen MR) is 140 cm³/mol. The third-order valence-electron chi connectivity index (χ3n) is 8.23. The van der Waals surface area contributed by atoms with E-state index in [1.54, 1.807) is 36.5 Å². The van der Waals surface area contributed by atoms with Gasteiger partial charge < -0.3 is 19.5 Å². The van der Waals surface area contributed by atoms with E-state index in [4.69, 9.17) is 4.74 Å². The van der Waals surface area contributed by atoms with Crippen molar-refractivity contribution in [1.82, 2.24) is 30.0 Å². The molecular formula is C28H34F2N6O3. The highest BCUT2D eigenvalue weighted by Crippen LogP contribution is 2.37. The van der Waals surface area contributed by atoms with E-state index in [2.05, 4.69) is 20.5 Å². The molecule has 0 saturated carbocycles. The highest BCUT2D eigenvalue weighted by Gasteiger charge is 2.35. The number of halogens is 2. The number of nitrogens with zero attached hydrogens (tertiary/aromatic N) is 4. The maximum Gasteiger partial charge on any atom is 0.317 e. The molecule has 11 heteroatoms. The van der Waals surface area contributed by atoms with Crippen LogP contribution in [0.25, 0.3) is 0 Å². The number of ether oxygens (including phenoxy) is 1. The lowest BCUT2D eigenvalue weighted by atomic mass is 9.90. The zero-order valence-corrected chi connectivity index (χ0v) is 22.4. The van der Waals surface area contributed by atoms with Crippen LogP contribution in [-0.2, 0) is 16.9 Å². The summed E-state index contributed by atoms with van der Waals surface area (Å²) in [5, 5.41) is 9.39. The van der Waals surface area contributed by atoms with Gasteiger partial charge in [0, 0.05) is 44.4 Å². The van der Waals surface area contributed by atoms with Crippen molar-refractivity contribution in [3.8, 4) is 0 Å². The van der Waals surface area contributed by atoms with Crippen LogP contribution in [0.5, 0.6) is 0 Å². The van der Waals surface area contributed by atoms with Gasteiger partial charge >= 0.3 is 6.03 Å². The minimum absolute atomic E-state index is 0.0679. The Morgan fingerprint density at radius 2 is 1.87 bits per heavy atom. The highest BCUT2D eigenvalue weighted by molar-refractivity contribution is 5.74. The first-order valence-electron chi connectivity index (χ1n) is 13.3. The number of imidazole rings is 1. The average Bonchev–Trinajstić information content (AvgIpc) is 3.28. The number of benzene rings is 1. The molecule has 1 fully saturated rings. The number of fused-ring (bicyclic) bond motifs is 1. The number of H-pyrrole nitrogens is 1. The van der Waals surface area contributed by atoms with Crippen molar-refractivity contribution in [2.45, 2.75) is 69.6 Å². The van der Waals surface area contributed by atoms with Crippen LogP contribution in [0.15, 0.2) is 41.5 Å². The van der Waals surface area contributed by atoms with Crippen LogP contribution >= 0.6 is 0 Å². The number of nitrogens with one attached hydrogen (secondary N) is 2. The first kappa shape index (κ1) is 27.0. The number of amides is 2. The summed E-state index contributed by atoms with van der Waals surface area (Å²) in [5.74, 6) is -1.28. The molecule has 0 bridgehead atoms. The van der Waals surface area contributed by atoms with E-state index in [0.29, 0.717) is 62.3 Å². The van der Waals surface area contributed by atoms with Gasteiger partial charge in [0.15, 0.2) is 11.6 Å². The Morgan fingerprint density at radius 3 is 2.59 bits per heavy atom. The van der Waals surface area contributed by atoms with Crippen LogP contribution in [-0.4, -0.2) is 50.9 Å². The van der Waals surface area contributed by atoms with Gasteiger partial charge in [-0.15, -0.1) is 0 Å². The molecule has 1 aromatic carbocycles. The van der Waals surface area contributed by atoms with Crippen LogP contribution in [0.1, 0.15) is 80.1 Å². The fourth-order valence-electron chi connectivity index (χ4n) is 5.79. The Balaban J connectivity index is 1.36. The molecule has 5 rings (SSSR count). The Kier molecular flexibility index (Phi) is 7.53. The first-order valence-corrected chi connectivity index (χ1v) is 13.3. The standard InChI is InChI=1S/C28H34F2N6O3/c1-28(2,39-3)23-15-31-25-22(8-7-18(16-36(23)25)19-5-4-6-21(29)24(19)30)33-27(38)35-13-10-17(11-14-35)20-9-12-32-34-26(20)37/h4-6,9,12,15,17-18,22H,7-8,10-11,13-14,16H2,1-3H3,(H,33,38)(H,34,37)/t18-,22-/m1/s1. The molecule has 2 aliphatic heterocycles. The quantitative estimate of drug-likeness (QED) is 0.501. The minimum atomic E-state index is -0.873. The molecule has 4 heterocycles. The van der Waals surface area contributed by atoms with Gasteiger partial charge in [-0.3, -0.25) is 4.79 Å². The van der Waals surface area contributed by atoms with Gasteiger partial charge in [-0.05, 0) is 63.1 Å². The normalized spacial score (nSPS) is 20.4. The molecule has 2 aliphatic rings. The van der Waals surface area contributed by atoms with Crippen molar-refractivity contribution in [3.63, 3.8) is 0 Å². The number of urea groups is 1. The summed E-state index contributed by atoms with van der Waals surface area (Å²) < 4.78 is 36.6. The Labute approximate surface area is 225 Å². The van der Waals surface area contributed by atoms with E-state index in [1.807, 2.05) is 18.4 Å². The Bertz CT molecular complexity index is 1400. The molecule has 2 aromatic heterocycles. The summed E-state index contributed by atoms with van der Waals surface area (Å²) in [7, 11) is 1.61. The summed E-state index contributed by atoms with van der Waals surface area (Å²) in [6.45, 7) is 5.25. The molecule has 0 radical (unpaired) electrons. The average molecular weight is 541 g/mol. The van der Waals surface area contributed by atoms with E-state index in [1.165, 1.54) is 6.07 Å². The molecule has 2 N–H and O–H groups in total. The van der Waals surface area contributed by atoms with Gasteiger partial charge in [-0.2, -0.15) is 5.10 Å². The van der Waals surface area contributed by atoms with E-state index in [0.717, 1.165) is 11.8 Å². The zero-order chi connectivity index (χ0) is 27.7. The number of hydrogen-bond acceptors (Lipinski definition) is 5. The van der Waals surface area contributed by atoms with Crippen LogP contribution in [0.3, 0.4) is 0 Å². The summed E-state index contributed by atoms with van der Waals surface area (Å²) in [6.07, 6.45) is 5.71. The number of carbonyl (C=O) groups excluding carboxylic acids is 1. The number of likely N-dealkylation sites (tertiary alicyclic amines) is 1. The van der Waals surface area contributed by atoms with Crippen molar-refractivity contribution in [2.75, 3.05) is 20.2 Å². The second-order valence-corrected chi connectivity index (χ2v) is 10.8. The molecule has 2 atom stereocenters. The second kappa shape index (κ2) is 10.9. The van der Waals surface area contributed by atoms with Gasteiger partial charge in [-0.1, -0.05) is 12.1 Å². The Morgan fingerprint density at radius 1 is 1.10 bits per heavy atom. The lowest BCUT2D eigenvalue weighted by molar-refractivity contribution is 0.0120. The van der Waals surface area contributed by atoms with E-state index in [9.17, 15) is 18.4 Å². The number of hydrogen-bond donors (Lipinski definition) is 2. The zero-order valence-electron chi connectivity index (χ0n) is 22.4. The number of aromatic nitrogens is 4. The number of carbonyl (C=O) groups is 1. The molecule has 208 valence electrons. The summed E-state index contributed by atoms with van der Waals surface area (Å²) in [4.78, 5) is 31.9. The molecular weight excluding hydrogens is 506 g/mol. The van der Waals surface area contributed by atoms with Crippen molar-refractivity contribution in [2.24, 2.45) is 0 Å². The van der Waals surface area contributed by atoms with Crippen molar-refractivity contribution < 1.29 is 18.3 Å². The lowest BCUT2D eigenvalue weighted by Crippen LogP contribution is -2.46. The van der Waals surface area contributed by atoms with E-state index < -0.39 is 23.3 Å². The molecule has 9 nitrogen and oxygen atoms in total. The number of methoxy groups -OCH3 is 1. The number of rotatable bonds is 5. The van der Waals surface area contributed by atoms with Gasteiger partial charge in [0.05, 0.1) is 17.9 Å². The van der Waals surface area contributed by atoms with E-state index in [-0.39, 0.29) is 23.4 Å². The van der Waals surface area contributed by atoms with Gasteiger partial charge in [0.2, 0.25) is 0 Å². The van der Waals surface area contributed by atoms with Crippen molar-refractivity contribution in [1.29, 1.82) is 0 Å². The largest absolute Gasteiger partial charge is 0.373 e. The summed E-state index contributed by atoms with van der Waals surface area (Å²) >= 11 is 0. The molecule has 0 unspecified atom stereocenters. The highest BCUT2D eigenvalue weighted by atomic mass is 19.2. The van der Waals surface area contributed by atoms with Crippen LogP contribution in [0, 0.1) is 11.6 Å². The second-order valence-electron chi connectivity index (χ2n) is 10.8. The fourth-order valence-corrected chi connectivity index (χ4v) is 5.79. The molecule has 0 aliphatic carbocycles. The SMILES string of the molecule is COC(C)(C)c1cnc2n1C[C@H](c1cccc(F)c1F)CC[C@H]2NC(=O)N1CCC(c2ccn[nH]c2=O)CC1. The maximum atomic E-state index is 14.8. The Hall–Kier alpha value is -3.60. The predicted octanol–water partition coefficient (Wildman–Crippen LogP) is 4.33. The fraction of sp³-hybridized carbons (Fsp3) is 0.500. The first-order chi connectivity index (χ1) is 18.7. The van der Waals surface area contributed by atoms with Crippen molar-refractivity contribution in [3.05, 3.63) is 81.3 Å². The number of piperidine rings is 1. The molecule has 2 amide bonds. The topological polar surface area (TPSA) is 105 Å². The third kappa shape index (κ3) is 5.32. The molecule has 0 spiro atoms. The van der Waals surface area contributed by atoms with Crippen LogP contribution in [0.2, 0.25) is 0 Å². The maximum absolute atomic E-state index is 14.8. The smallest absolute Gasteiger partial charge is 0.317 e. The van der Waals surface area contributed by atoms with Crippen LogP contribution < -0.4 is 10.9 Å². The van der Waals surface area contributed by atoms with E-state index >= 15 is 0 Å². The monoisotopic (exact) mass is 540 g/mol. The third-order valence-corrected chi connectivity index (χ3v) is 8.23. The van der Waals surface area contributed by atoms with Gasteiger partial charge in [0.25, 0.3) is 5.56 Å². The minimum Gasteiger partial charge on any atom is -0.373 e. The molecule has 3 aromatic rings. The van der Waals surface area contributed by atoms with Gasteiger partial charge in [-0.25, -0.2) is 23.7 Å². The molecule has 39 heavy (non-hydrogen) atoms. The molecule has 1 saturated heterocycles. The number of aromatic amines is 1.